The molecule has 18 heavy (non-hydrogen) atoms. The lowest BCUT2D eigenvalue weighted by atomic mass is 10.1. The van der Waals surface area contributed by atoms with Gasteiger partial charge in [-0.1, -0.05) is 34.0 Å². The number of hydrazone groups is 1. The van der Waals surface area contributed by atoms with Gasteiger partial charge in [-0.05, 0) is 10.4 Å². The summed E-state index contributed by atoms with van der Waals surface area (Å²) in [4.78, 5) is 4.38. The van der Waals surface area contributed by atoms with Gasteiger partial charge in [-0.15, -0.1) is 5.10 Å². The van der Waals surface area contributed by atoms with Crippen LogP contribution < -0.4 is 5.84 Å². The highest BCUT2D eigenvalue weighted by Gasteiger charge is 2.29. The molecule has 8 nitrogen and oxygen atoms in total. The Labute approximate surface area is 100 Å². The predicted octanol–water partition coefficient (Wildman–Crippen LogP) is -0.394. The van der Waals surface area contributed by atoms with E-state index in [0.29, 0.717) is 22.9 Å². The van der Waals surface area contributed by atoms with E-state index in [2.05, 4.69) is 30.7 Å². The van der Waals surface area contributed by atoms with Gasteiger partial charge < -0.3 is 5.84 Å². The minimum Gasteiger partial charge on any atom is -0.323 e. The maximum absolute atomic E-state index is 5.44. The van der Waals surface area contributed by atoms with Crippen molar-refractivity contribution in [3.63, 3.8) is 0 Å². The largest absolute Gasteiger partial charge is 0.323 e. The van der Waals surface area contributed by atoms with E-state index >= 15 is 0 Å². The monoisotopic (exact) mass is 238 g/mol. The number of fused-ring (bicyclic) bond motifs is 4. The number of rotatable bonds is 0. The molecule has 0 radical (unpaired) electrons. The minimum absolute atomic E-state index is 0.349. The number of benzene rings is 1. The van der Waals surface area contributed by atoms with Crippen LogP contribution in [0.4, 0.5) is 0 Å². The zero-order valence-corrected chi connectivity index (χ0v) is 9.02. The molecule has 2 N–H and O–H groups in total. The highest BCUT2D eigenvalue weighted by Crippen LogP contribution is 2.33. The van der Waals surface area contributed by atoms with Crippen LogP contribution >= 0.6 is 0 Å². The second-order valence-electron chi connectivity index (χ2n) is 3.80. The van der Waals surface area contributed by atoms with Crippen molar-refractivity contribution in [3.05, 3.63) is 35.5 Å². The molecule has 2 heterocycles. The van der Waals surface area contributed by atoms with E-state index in [1.165, 1.54) is 4.63 Å². The highest BCUT2D eigenvalue weighted by molar-refractivity contribution is 6.22. The predicted molar refractivity (Wildman–Crippen MR) is 61.6 cm³/mol. The first kappa shape index (κ1) is 9.16. The van der Waals surface area contributed by atoms with Crippen LogP contribution in [-0.4, -0.2) is 35.9 Å². The third-order valence-corrected chi connectivity index (χ3v) is 2.86. The molecule has 1 aromatic carbocycles. The fourth-order valence-electron chi connectivity index (χ4n) is 2.11. The molecule has 0 amide bonds. The van der Waals surface area contributed by atoms with E-state index < -0.39 is 0 Å². The third-order valence-electron chi connectivity index (χ3n) is 2.86. The molecule has 1 aliphatic carbocycles. The van der Waals surface area contributed by atoms with E-state index in [-0.39, 0.29) is 0 Å². The van der Waals surface area contributed by atoms with E-state index in [4.69, 9.17) is 5.84 Å². The number of hydrogen-bond donors (Lipinski definition) is 1. The van der Waals surface area contributed by atoms with E-state index in [1.807, 2.05) is 24.3 Å². The normalized spacial score (nSPS) is 15.0. The Morgan fingerprint density at radius 3 is 2.78 bits per heavy atom. The second kappa shape index (κ2) is 3.06. The van der Waals surface area contributed by atoms with Gasteiger partial charge in [0.1, 0.15) is 17.1 Å². The fraction of sp³-hybridized carbons (Fsp3) is 0. The van der Waals surface area contributed by atoms with Crippen LogP contribution in [0.5, 0.6) is 0 Å². The molecular formula is C10H6N8. The quantitative estimate of drug-likeness (QED) is 0.330. The Balaban J connectivity index is 2.16. The van der Waals surface area contributed by atoms with Crippen LogP contribution in [0.3, 0.4) is 0 Å². The van der Waals surface area contributed by atoms with Crippen molar-refractivity contribution in [2.45, 2.75) is 0 Å². The van der Waals surface area contributed by atoms with Crippen molar-refractivity contribution >= 4 is 11.5 Å². The molecule has 0 bridgehead atoms. The zero-order chi connectivity index (χ0) is 12.1. The summed E-state index contributed by atoms with van der Waals surface area (Å²) in [6, 6.07) is 7.72. The molecule has 0 aliphatic heterocycles. The molecule has 4 rings (SSSR count). The summed E-state index contributed by atoms with van der Waals surface area (Å²) in [6.45, 7) is 0. The second-order valence-corrected chi connectivity index (χ2v) is 3.80. The van der Waals surface area contributed by atoms with Gasteiger partial charge in [-0.2, -0.15) is 5.10 Å². The molecule has 0 fully saturated rings. The van der Waals surface area contributed by atoms with Gasteiger partial charge in [0.25, 0.3) is 5.78 Å². The van der Waals surface area contributed by atoms with Crippen LogP contribution in [0.2, 0.25) is 0 Å². The standard InChI is InChI=1S/C10H6N8/c11-13-8-6-4-2-1-3-5(6)7-9(8)15-18-10(12-7)14-16-17-18/h1-4H,11H2/b13-8-. The molecular weight excluding hydrogens is 232 g/mol. The van der Waals surface area contributed by atoms with Gasteiger partial charge in [0.15, 0.2) is 0 Å². The lowest BCUT2D eigenvalue weighted by Crippen LogP contribution is -2.09. The molecule has 8 heteroatoms. The maximum Gasteiger partial charge on any atom is 0.291 e. The van der Waals surface area contributed by atoms with Crippen LogP contribution in [0.25, 0.3) is 17.0 Å². The molecule has 0 saturated heterocycles. The van der Waals surface area contributed by atoms with Gasteiger partial charge in [0.05, 0.1) is 0 Å². The number of nitrogens with two attached hydrogens (primary N) is 1. The molecule has 0 unspecified atom stereocenters. The number of aromatic nitrogens is 6. The molecule has 0 atom stereocenters. The number of hydrogen-bond acceptors (Lipinski definition) is 7. The van der Waals surface area contributed by atoms with Crippen molar-refractivity contribution < 1.29 is 0 Å². The minimum atomic E-state index is 0.349. The van der Waals surface area contributed by atoms with Crippen molar-refractivity contribution in [1.29, 1.82) is 0 Å². The highest BCUT2D eigenvalue weighted by atomic mass is 15.6. The van der Waals surface area contributed by atoms with Crippen molar-refractivity contribution in [3.8, 4) is 11.3 Å². The average molecular weight is 238 g/mol. The molecule has 0 spiro atoms. The topological polar surface area (TPSA) is 107 Å². The Kier molecular flexibility index (Phi) is 1.56. The van der Waals surface area contributed by atoms with Gasteiger partial charge in [0, 0.05) is 11.1 Å². The van der Waals surface area contributed by atoms with Crippen molar-refractivity contribution in [1.82, 2.24) is 30.2 Å². The first-order valence-electron chi connectivity index (χ1n) is 5.23. The summed E-state index contributed by atoms with van der Waals surface area (Å²) in [5.41, 5.74) is 3.76. The van der Waals surface area contributed by atoms with Crippen molar-refractivity contribution in [2.75, 3.05) is 0 Å². The SMILES string of the molecule is N/N=C1/c2ccccc2-c2nc3nnnn3nc21. The van der Waals surface area contributed by atoms with E-state index in [9.17, 15) is 0 Å². The third kappa shape index (κ3) is 0.986. The van der Waals surface area contributed by atoms with Crippen LogP contribution in [0, 0.1) is 0 Å². The number of nitrogens with zero attached hydrogens (tertiary/aromatic N) is 7. The van der Waals surface area contributed by atoms with Crippen LogP contribution in [0.15, 0.2) is 29.4 Å². The van der Waals surface area contributed by atoms with E-state index in [1.54, 1.807) is 0 Å². The molecule has 0 saturated carbocycles. The van der Waals surface area contributed by atoms with Gasteiger partial charge >= 0.3 is 0 Å². The maximum atomic E-state index is 5.44. The fourth-order valence-corrected chi connectivity index (χ4v) is 2.11. The summed E-state index contributed by atoms with van der Waals surface area (Å²) < 4.78 is 1.26. The molecule has 3 aromatic rings. The molecule has 2 aromatic heterocycles. The Morgan fingerprint density at radius 1 is 1.11 bits per heavy atom. The molecule has 86 valence electrons. The van der Waals surface area contributed by atoms with E-state index in [0.717, 1.165) is 11.1 Å². The zero-order valence-electron chi connectivity index (χ0n) is 9.02. The van der Waals surface area contributed by atoms with Gasteiger partial charge in [0.2, 0.25) is 0 Å². The number of tetrazole rings is 1. The summed E-state index contributed by atoms with van der Waals surface area (Å²) >= 11 is 0. The Bertz CT molecular complexity index is 802. The van der Waals surface area contributed by atoms with Crippen LogP contribution in [-0.2, 0) is 0 Å². The van der Waals surface area contributed by atoms with Gasteiger partial charge in [-0.25, -0.2) is 4.98 Å². The van der Waals surface area contributed by atoms with Crippen molar-refractivity contribution in [2.24, 2.45) is 10.9 Å². The van der Waals surface area contributed by atoms with Crippen LogP contribution in [0.1, 0.15) is 11.3 Å². The lowest BCUT2D eigenvalue weighted by Gasteiger charge is -1.96. The molecule has 1 aliphatic rings. The summed E-state index contributed by atoms with van der Waals surface area (Å²) in [6.07, 6.45) is 0. The first-order valence-corrected chi connectivity index (χ1v) is 5.23. The average Bonchev–Trinajstić information content (AvgIpc) is 2.97. The summed E-state index contributed by atoms with van der Waals surface area (Å²) in [5.74, 6) is 5.79. The lowest BCUT2D eigenvalue weighted by molar-refractivity contribution is 0.724. The summed E-state index contributed by atoms with van der Waals surface area (Å²) in [7, 11) is 0. The Hall–Kier alpha value is -2.90. The summed E-state index contributed by atoms with van der Waals surface area (Å²) in [5, 5.41) is 19.1. The Morgan fingerprint density at radius 2 is 1.94 bits per heavy atom. The smallest absolute Gasteiger partial charge is 0.291 e. The van der Waals surface area contributed by atoms with Gasteiger partial charge in [-0.3, -0.25) is 0 Å². The first-order chi connectivity index (χ1) is 8.88.